The molecule has 0 unspecified atom stereocenters. The third kappa shape index (κ3) is 2.86. The number of aromatic nitrogens is 4. The third-order valence-corrected chi connectivity index (χ3v) is 2.66. The fraction of sp³-hybridized carbons (Fsp3) is 0.273. The second-order valence-electron chi connectivity index (χ2n) is 3.78. The Balaban J connectivity index is 2.05. The molecule has 100 valence electrons. The first kappa shape index (κ1) is 13.0. The summed E-state index contributed by atoms with van der Waals surface area (Å²) in [5, 5.41) is 10.5. The molecule has 0 saturated carbocycles. The second-order valence-corrected chi connectivity index (χ2v) is 3.78. The molecule has 2 heterocycles. The zero-order chi connectivity index (χ0) is 13.7. The molecule has 8 nitrogen and oxygen atoms in total. The number of aryl methyl sites for hydroxylation is 1. The molecule has 0 saturated heterocycles. The molecule has 0 bridgehead atoms. The van der Waals surface area contributed by atoms with Crippen molar-refractivity contribution in [1.29, 1.82) is 0 Å². The second kappa shape index (κ2) is 5.91. The van der Waals surface area contributed by atoms with Crippen molar-refractivity contribution in [2.75, 3.05) is 5.43 Å². The predicted molar refractivity (Wildman–Crippen MR) is 68.9 cm³/mol. The molecule has 0 atom stereocenters. The summed E-state index contributed by atoms with van der Waals surface area (Å²) in [5.74, 6) is 5.77. The quantitative estimate of drug-likeness (QED) is 0.512. The highest BCUT2D eigenvalue weighted by Gasteiger charge is 2.12. The van der Waals surface area contributed by atoms with Gasteiger partial charge in [-0.05, 0) is 13.0 Å². The van der Waals surface area contributed by atoms with Gasteiger partial charge in [-0.15, -0.1) is 10.2 Å². The molecular formula is C11H15N7O. The average molecular weight is 261 g/mol. The van der Waals surface area contributed by atoms with Crippen molar-refractivity contribution in [2.24, 2.45) is 5.84 Å². The Bertz CT molecular complexity index is 566. The zero-order valence-electron chi connectivity index (χ0n) is 10.5. The molecule has 2 rings (SSSR count). The SMILES string of the molecule is CCn1cnnc1CNC(=O)c1cnccc1NN. The lowest BCUT2D eigenvalue weighted by molar-refractivity contribution is 0.0950. The maximum Gasteiger partial charge on any atom is 0.255 e. The largest absolute Gasteiger partial charge is 0.345 e. The van der Waals surface area contributed by atoms with Crippen LogP contribution >= 0.6 is 0 Å². The molecule has 4 N–H and O–H groups in total. The van der Waals surface area contributed by atoms with E-state index < -0.39 is 0 Å². The lowest BCUT2D eigenvalue weighted by atomic mass is 10.2. The van der Waals surface area contributed by atoms with Crippen LogP contribution in [0.5, 0.6) is 0 Å². The van der Waals surface area contributed by atoms with Gasteiger partial charge in [0, 0.05) is 18.9 Å². The van der Waals surface area contributed by atoms with Crippen LogP contribution in [0.15, 0.2) is 24.8 Å². The average Bonchev–Trinajstić information content (AvgIpc) is 2.92. The highest BCUT2D eigenvalue weighted by atomic mass is 16.1. The summed E-state index contributed by atoms with van der Waals surface area (Å²) in [5.41, 5.74) is 3.36. The van der Waals surface area contributed by atoms with Crippen LogP contribution in [0.25, 0.3) is 0 Å². The minimum atomic E-state index is -0.272. The molecule has 0 aliphatic carbocycles. The number of nitrogen functional groups attached to an aromatic ring is 1. The van der Waals surface area contributed by atoms with E-state index in [1.165, 1.54) is 6.20 Å². The van der Waals surface area contributed by atoms with Crippen molar-refractivity contribution < 1.29 is 4.79 Å². The summed E-state index contributed by atoms with van der Waals surface area (Å²) in [7, 11) is 0. The molecule has 0 spiro atoms. The maximum absolute atomic E-state index is 12.0. The Morgan fingerprint density at radius 1 is 1.53 bits per heavy atom. The van der Waals surface area contributed by atoms with Gasteiger partial charge in [-0.2, -0.15) is 0 Å². The molecule has 19 heavy (non-hydrogen) atoms. The van der Waals surface area contributed by atoms with E-state index in [-0.39, 0.29) is 5.91 Å². The predicted octanol–water partition coefficient (Wildman–Crippen LogP) is -0.0914. The normalized spacial score (nSPS) is 10.2. The van der Waals surface area contributed by atoms with E-state index in [9.17, 15) is 4.79 Å². The van der Waals surface area contributed by atoms with Gasteiger partial charge in [0.2, 0.25) is 0 Å². The zero-order valence-corrected chi connectivity index (χ0v) is 10.5. The van der Waals surface area contributed by atoms with E-state index in [0.717, 1.165) is 6.54 Å². The molecule has 1 amide bonds. The summed E-state index contributed by atoms with van der Waals surface area (Å²) in [6.45, 7) is 3.03. The number of nitrogens with zero attached hydrogens (tertiary/aromatic N) is 4. The number of carbonyl (C=O) groups excluding carboxylic acids is 1. The fourth-order valence-corrected chi connectivity index (χ4v) is 1.64. The molecule has 2 aromatic heterocycles. The minimum absolute atomic E-state index is 0.272. The first-order chi connectivity index (χ1) is 9.26. The first-order valence-electron chi connectivity index (χ1n) is 5.81. The summed E-state index contributed by atoms with van der Waals surface area (Å²) in [6, 6.07) is 1.63. The van der Waals surface area contributed by atoms with Crippen LogP contribution in [0, 0.1) is 0 Å². The smallest absolute Gasteiger partial charge is 0.255 e. The number of pyridine rings is 1. The van der Waals surface area contributed by atoms with Crippen LogP contribution in [0.4, 0.5) is 5.69 Å². The molecule has 0 fully saturated rings. The van der Waals surface area contributed by atoms with E-state index in [4.69, 9.17) is 5.84 Å². The number of carbonyl (C=O) groups is 1. The Hall–Kier alpha value is -2.48. The van der Waals surface area contributed by atoms with E-state index in [1.54, 1.807) is 18.6 Å². The molecule has 0 radical (unpaired) electrons. The van der Waals surface area contributed by atoms with Crippen molar-refractivity contribution in [3.05, 3.63) is 36.2 Å². The Kier molecular flexibility index (Phi) is 4.04. The number of nitrogens with two attached hydrogens (primary N) is 1. The topological polar surface area (TPSA) is 111 Å². The highest BCUT2D eigenvalue weighted by molar-refractivity contribution is 5.99. The number of rotatable bonds is 5. The first-order valence-corrected chi connectivity index (χ1v) is 5.81. The maximum atomic E-state index is 12.0. The van der Waals surface area contributed by atoms with Gasteiger partial charge in [-0.3, -0.25) is 15.6 Å². The van der Waals surface area contributed by atoms with E-state index in [1.807, 2.05) is 11.5 Å². The van der Waals surface area contributed by atoms with Crippen LogP contribution < -0.4 is 16.6 Å². The number of hydrogen-bond donors (Lipinski definition) is 3. The Labute approximate surface area is 110 Å². The molecular weight excluding hydrogens is 246 g/mol. The molecule has 0 aliphatic rings. The van der Waals surface area contributed by atoms with Gasteiger partial charge in [0.15, 0.2) is 5.82 Å². The van der Waals surface area contributed by atoms with Crippen LogP contribution in [0.3, 0.4) is 0 Å². The van der Waals surface area contributed by atoms with Crippen LogP contribution in [-0.2, 0) is 13.1 Å². The van der Waals surface area contributed by atoms with Crippen molar-refractivity contribution in [1.82, 2.24) is 25.1 Å². The highest BCUT2D eigenvalue weighted by Crippen LogP contribution is 2.11. The van der Waals surface area contributed by atoms with Crippen molar-refractivity contribution in [3.63, 3.8) is 0 Å². The number of anilines is 1. The van der Waals surface area contributed by atoms with Gasteiger partial charge >= 0.3 is 0 Å². The number of hydrazine groups is 1. The lowest BCUT2D eigenvalue weighted by Crippen LogP contribution is -2.26. The van der Waals surface area contributed by atoms with Gasteiger partial charge in [0.25, 0.3) is 5.91 Å². The molecule has 2 aromatic rings. The Morgan fingerprint density at radius 3 is 3.11 bits per heavy atom. The standard InChI is InChI=1S/C11H15N7O/c1-2-18-7-15-17-10(18)6-14-11(19)8-5-13-4-3-9(8)16-12/h3-5,7H,2,6,12H2,1H3,(H,13,16)(H,14,19). The number of nitrogens with one attached hydrogen (secondary N) is 2. The van der Waals surface area contributed by atoms with Crippen LogP contribution in [-0.4, -0.2) is 25.7 Å². The molecule has 8 heteroatoms. The summed E-state index contributed by atoms with van der Waals surface area (Å²) >= 11 is 0. The lowest BCUT2D eigenvalue weighted by Gasteiger charge is -2.09. The van der Waals surface area contributed by atoms with E-state index in [2.05, 4.69) is 25.9 Å². The minimum Gasteiger partial charge on any atom is -0.345 e. The summed E-state index contributed by atoms with van der Waals surface area (Å²) in [4.78, 5) is 15.9. The van der Waals surface area contributed by atoms with Crippen molar-refractivity contribution in [3.8, 4) is 0 Å². The van der Waals surface area contributed by atoms with Gasteiger partial charge in [-0.25, -0.2) is 0 Å². The van der Waals surface area contributed by atoms with Crippen molar-refractivity contribution >= 4 is 11.6 Å². The van der Waals surface area contributed by atoms with E-state index >= 15 is 0 Å². The van der Waals surface area contributed by atoms with Crippen molar-refractivity contribution in [2.45, 2.75) is 20.0 Å². The number of amides is 1. The summed E-state index contributed by atoms with van der Waals surface area (Å²) in [6.07, 6.45) is 4.63. The van der Waals surface area contributed by atoms with Gasteiger partial charge < -0.3 is 15.3 Å². The van der Waals surface area contributed by atoms with Gasteiger partial charge in [-0.1, -0.05) is 0 Å². The summed E-state index contributed by atoms with van der Waals surface area (Å²) < 4.78 is 1.85. The number of hydrogen-bond acceptors (Lipinski definition) is 6. The molecule has 0 aliphatic heterocycles. The monoisotopic (exact) mass is 261 g/mol. The van der Waals surface area contributed by atoms with Crippen LogP contribution in [0.1, 0.15) is 23.1 Å². The van der Waals surface area contributed by atoms with Gasteiger partial charge in [0.05, 0.1) is 17.8 Å². The fourth-order valence-electron chi connectivity index (χ4n) is 1.64. The van der Waals surface area contributed by atoms with Gasteiger partial charge in [0.1, 0.15) is 6.33 Å². The van der Waals surface area contributed by atoms with E-state index in [0.29, 0.717) is 23.6 Å². The van der Waals surface area contributed by atoms with Crippen LogP contribution in [0.2, 0.25) is 0 Å². The third-order valence-electron chi connectivity index (χ3n) is 2.66. The molecule has 0 aromatic carbocycles. The Morgan fingerprint density at radius 2 is 2.37 bits per heavy atom.